The predicted molar refractivity (Wildman–Crippen MR) is 69.9 cm³/mol. The van der Waals surface area contributed by atoms with Gasteiger partial charge in [0.05, 0.1) is 0 Å². The van der Waals surface area contributed by atoms with E-state index < -0.39 is 0 Å². The van der Waals surface area contributed by atoms with Crippen LogP contribution in [0, 0.1) is 11.3 Å². The number of nitrogens with two attached hydrogens (primary N) is 1. The molecule has 0 saturated carbocycles. The second-order valence-corrected chi connectivity index (χ2v) is 6.05. The van der Waals surface area contributed by atoms with Crippen molar-refractivity contribution in [1.82, 2.24) is 0 Å². The van der Waals surface area contributed by atoms with Crippen LogP contribution in [0.3, 0.4) is 0 Å². The highest BCUT2D eigenvalue weighted by Gasteiger charge is 2.10. The van der Waals surface area contributed by atoms with E-state index in [0.29, 0.717) is 5.41 Å². The molecule has 0 amide bonds. The smallest absolute Gasteiger partial charge is 0.00747 e. The molecule has 1 nitrogen and oxygen atoms in total. The van der Waals surface area contributed by atoms with Crippen LogP contribution in [0.5, 0.6) is 0 Å². The molecule has 0 saturated heterocycles. The summed E-state index contributed by atoms with van der Waals surface area (Å²) in [7, 11) is 0. The topological polar surface area (TPSA) is 26.0 Å². The minimum absolute atomic E-state index is 0.420. The van der Waals surface area contributed by atoms with Crippen molar-refractivity contribution >= 4 is 0 Å². The van der Waals surface area contributed by atoms with Crippen molar-refractivity contribution in [1.29, 1.82) is 0 Å². The van der Waals surface area contributed by atoms with E-state index in [4.69, 9.17) is 5.73 Å². The van der Waals surface area contributed by atoms with Crippen molar-refractivity contribution in [3.8, 4) is 0 Å². The van der Waals surface area contributed by atoms with Crippen molar-refractivity contribution in [2.24, 2.45) is 17.1 Å². The zero-order chi connectivity index (χ0) is 11.9. The summed E-state index contributed by atoms with van der Waals surface area (Å²) in [6.07, 6.45) is 7.25. The Balaban J connectivity index is 3.76. The summed E-state index contributed by atoms with van der Waals surface area (Å²) in [6.45, 7) is 12.2. The van der Waals surface area contributed by atoms with E-state index in [1.54, 1.807) is 0 Å². The van der Waals surface area contributed by atoms with Gasteiger partial charge in [-0.1, -0.05) is 39.3 Å². The van der Waals surface area contributed by atoms with Crippen molar-refractivity contribution in [2.45, 2.75) is 60.3 Å². The molecular weight excluding hydrogens is 182 g/mol. The Kier molecular flexibility index (Phi) is 6.91. The zero-order valence-corrected chi connectivity index (χ0v) is 11.3. The first-order valence-corrected chi connectivity index (χ1v) is 6.21. The molecule has 2 N–H and O–H groups in total. The lowest BCUT2D eigenvalue weighted by Crippen LogP contribution is -2.06. The summed E-state index contributed by atoms with van der Waals surface area (Å²) in [5.41, 5.74) is 7.48. The molecule has 0 aromatic heterocycles. The van der Waals surface area contributed by atoms with Gasteiger partial charge in [0.2, 0.25) is 0 Å². The van der Waals surface area contributed by atoms with Crippen molar-refractivity contribution in [2.75, 3.05) is 6.54 Å². The monoisotopic (exact) mass is 211 g/mol. The van der Waals surface area contributed by atoms with Gasteiger partial charge in [-0.2, -0.15) is 0 Å². The Labute approximate surface area is 96.1 Å². The standard InChI is InChI=1S/C14H29N/c1-12(9-10-15)7-6-8-13(2)11-14(3,4)5/h8,12H,6-7,9-11,15H2,1-5H3/b13-8+. The molecule has 1 heteroatoms. The first-order valence-electron chi connectivity index (χ1n) is 6.21. The first-order chi connectivity index (χ1) is 6.85. The second kappa shape index (κ2) is 7.05. The van der Waals surface area contributed by atoms with Crippen LogP contribution in [0.15, 0.2) is 11.6 Å². The molecule has 1 atom stereocenters. The van der Waals surface area contributed by atoms with Gasteiger partial charge in [0.15, 0.2) is 0 Å². The molecule has 0 bridgehead atoms. The van der Waals surface area contributed by atoms with E-state index in [-0.39, 0.29) is 0 Å². The lowest BCUT2D eigenvalue weighted by molar-refractivity contribution is 0.408. The van der Waals surface area contributed by atoms with Gasteiger partial charge in [-0.3, -0.25) is 0 Å². The number of allylic oxidation sites excluding steroid dienone is 2. The van der Waals surface area contributed by atoms with Gasteiger partial charge in [0.1, 0.15) is 0 Å². The summed E-state index contributed by atoms with van der Waals surface area (Å²) in [4.78, 5) is 0. The lowest BCUT2D eigenvalue weighted by Gasteiger charge is -2.18. The maximum atomic E-state index is 5.53. The molecule has 0 aromatic carbocycles. The van der Waals surface area contributed by atoms with E-state index in [1.165, 1.54) is 24.8 Å². The number of hydrogen-bond acceptors (Lipinski definition) is 1. The molecule has 90 valence electrons. The van der Waals surface area contributed by atoms with E-state index in [2.05, 4.69) is 40.7 Å². The fourth-order valence-corrected chi connectivity index (χ4v) is 1.95. The van der Waals surface area contributed by atoms with E-state index in [1.807, 2.05) is 0 Å². The molecule has 0 radical (unpaired) electrons. The largest absolute Gasteiger partial charge is 0.330 e. The van der Waals surface area contributed by atoms with Crippen LogP contribution in [0.25, 0.3) is 0 Å². The third-order valence-corrected chi connectivity index (χ3v) is 2.62. The molecule has 0 fully saturated rings. The van der Waals surface area contributed by atoms with Crippen molar-refractivity contribution < 1.29 is 0 Å². The summed E-state index contributed by atoms with van der Waals surface area (Å²) < 4.78 is 0. The van der Waals surface area contributed by atoms with Crippen LogP contribution >= 0.6 is 0 Å². The van der Waals surface area contributed by atoms with Gasteiger partial charge in [-0.05, 0) is 50.5 Å². The fraction of sp³-hybridized carbons (Fsp3) is 0.857. The predicted octanol–water partition coefficient (Wildman–Crippen LogP) is 4.13. The quantitative estimate of drug-likeness (QED) is 0.657. The van der Waals surface area contributed by atoms with E-state index >= 15 is 0 Å². The molecule has 1 unspecified atom stereocenters. The van der Waals surface area contributed by atoms with Gasteiger partial charge in [0.25, 0.3) is 0 Å². The van der Waals surface area contributed by atoms with E-state index in [0.717, 1.165) is 18.9 Å². The van der Waals surface area contributed by atoms with Gasteiger partial charge < -0.3 is 5.73 Å². The third-order valence-electron chi connectivity index (χ3n) is 2.62. The SMILES string of the molecule is C/C(=C\CCC(C)CCN)CC(C)(C)C. The van der Waals surface area contributed by atoms with Gasteiger partial charge >= 0.3 is 0 Å². The first kappa shape index (κ1) is 14.7. The highest BCUT2D eigenvalue weighted by atomic mass is 14.5. The molecule has 0 aliphatic carbocycles. The molecular formula is C14H29N. The second-order valence-electron chi connectivity index (χ2n) is 6.05. The maximum Gasteiger partial charge on any atom is -0.00747 e. The molecule has 0 aliphatic rings. The van der Waals surface area contributed by atoms with Crippen LogP contribution in [0.4, 0.5) is 0 Å². The van der Waals surface area contributed by atoms with E-state index in [9.17, 15) is 0 Å². The molecule has 0 heterocycles. The summed E-state index contributed by atoms with van der Waals surface area (Å²) in [6, 6.07) is 0. The van der Waals surface area contributed by atoms with Crippen LogP contribution in [0.1, 0.15) is 60.3 Å². The molecule has 0 rings (SSSR count). The molecule has 0 aromatic rings. The summed E-state index contributed by atoms with van der Waals surface area (Å²) in [5, 5.41) is 0. The lowest BCUT2D eigenvalue weighted by atomic mass is 9.88. The maximum absolute atomic E-state index is 5.53. The van der Waals surface area contributed by atoms with Gasteiger partial charge in [-0.25, -0.2) is 0 Å². The van der Waals surface area contributed by atoms with Crippen LogP contribution in [0.2, 0.25) is 0 Å². The fourth-order valence-electron chi connectivity index (χ4n) is 1.95. The highest BCUT2D eigenvalue weighted by molar-refractivity contribution is 5.00. The Morgan fingerprint density at radius 1 is 1.27 bits per heavy atom. The zero-order valence-electron chi connectivity index (χ0n) is 11.3. The molecule has 0 aliphatic heterocycles. The Hall–Kier alpha value is -0.300. The van der Waals surface area contributed by atoms with Crippen LogP contribution < -0.4 is 5.73 Å². The number of rotatable bonds is 6. The van der Waals surface area contributed by atoms with Crippen LogP contribution in [-0.2, 0) is 0 Å². The average molecular weight is 211 g/mol. The van der Waals surface area contributed by atoms with Crippen LogP contribution in [-0.4, -0.2) is 6.54 Å². The summed E-state index contributed by atoms with van der Waals surface area (Å²) >= 11 is 0. The summed E-state index contributed by atoms with van der Waals surface area (Å²) in [5.74, 6) is 0.772. The third kappa shape index (κ3) is 9.99. The minimum atomic E-state index is 0.420. The Morgan fingerprint density at radius 3 is 2.33 bits per heavy atom. The number of hydrogen-bond donors (Lipinski definition) is 1. The average Bonchev–Trinajstić information content (AvgIpc) is 2.00. The molecule has 0 spiro atoms. The normalized spacial score (nSPS) is 15.5. The van der Waals surface area contributed by atoms with Crippen molar-refractivity contribution in [3.63, 3.8) is 0 Å². The Bertz CT molecular complexity index is 186. The van der Waals surface area contributed by atoms with Crippen molar-refractivity contribution in [3.05, 3.63) is 11.6 Å². The van der Waals surface area contributed by atoms with Gasteiger partial charge in [0, 0.05) is 0 Å². The highest BCUT2D eigenvalue weighted by Crippen LogP contribution is 2.24. The molecule has 15 heavy (non-hydrogen) atoms. The van der Waals surface area contributed by atoms with Gasteiger partial charge in [-0.15, -0.1) is 0 Å². The minimum Gasteiger partial charge on any atom is -0.330 e. The Morgan fingerprint density at radius 2 is 1.87 bits per heavy atom.